The van der Waals surface area contributed by atoms with Gasteiger partial charge in [-0.2, -0.15) is 0 Å². The topological polar surface area (TPSA) is 237 Å². The number of rotatable bonds is 74. The van der Waals surface area contributed by atoms with Crippen LogP contribution < -0.4 is 0 Å². The molecule has 2 unspecified atom stereocenters. The van der Waals surface area contributed by atoms with Crippen LogP contribution in [0.5, 0.6) is 0 Å². The van der Waals surface area contributed by atoms with Crippen LogP contribution in [0.25, 0.3) is 0 Å². The Hall–Kier alpha value is -1.94. The number of aliphatic hydroxyl groups is 1. The van der Waals surface area contributed by atoms with E-state index in [-0.39, 0.29) is 25.7 Å². The average Bonchev–Trinajstić information content (AvgIpc) is 2.10. The monoisotopic (exact) mass is 1350 g/mol. The van der Waals surface area contributed by atoms with Crippen molar-refractivity contribution in [1.29, 1.82) is 0 Å². The Bertz CT molecular complexity index is 1760. The zero-order valence-corrected chi connectivity index (χ0v) is 61.3. The summed E-state index contributed by atoms with van der Waals surface area (Å²) in [5, 5.41) is 10.6. The SMILES string of the molecule is CCCCCCCCCCCCCCCCCCCCC(=O)O[C@H](COC(=O)CCCCCCCCCCCCCCCCCC)COP(=O)(O)OC[C@@H](O)COP(=O)(O)OC[C@@H](COC(=O)CCCCCCCCC)OC(=O)CCCCCCCCCCCCC. The van der Waals surface area contributed by atoms with Crippen molar-refractivity contribution in [3.05, 3.63) is 0 Å². The molecular weight excluding hydrogens is 1210 g/mol. The van der Waals surface area contributed by atoms with Crippen molar-refractivity contribution in [1.82, 2.24) is 0 Å². The summed E-state index contributed by atoms with van der Waals surface area (Å²) in [6, 6.07) is 0. The van der Waals surface area contributed by atoms with Gasteiger partial charge in [-0.25, -0.2) is 9.13 Å². The molecule has 0 rings (SSSR count). The lowest BCUT2D eigenvalue weighted by Crippen LogP contribution is -2.30. The lowest BCUT2D eigenvalue weighted by molar-refractivity contribution is -0.161. The summed E-state index contributed by atoms with van der Waals surface area (Å²) < 4.78 is 68.3. The van der Waals surface area contributed by atoms with Crippen LogP contribution >= 0.6 is 15.6 Å². The first-order valence-corrected chi connectivity index (χ1v) is 41.3. The van der Waals surface area contributed by atoms with E-state index in [1.54, 1.807) is 0 Å². The zero-order chi connectivity index (χ0) is 67.5. The first-order chi connectivity index (χ1) is 44.7. The van der Waals surface area contributed by atoms with Crippen LogP contribution in [0.15, 0.2) is 0 Å². The van der Waals surface area contributed by atoms with Crippen LogP contribution in [0.1, 0.15) is 387 Å². The molecule has 19 heteroatoms. The van der Waals surface area contributed by atoms with Gasteiger partial charge in [0.1, 0.15) is 19.3 Å². The van der Waals surface area contributed by atoms with Gasteiger partial charge in [-0.15, -0.1) is 0 Å². The van der Waals surface area contributed by atoms with Crippen molar-refractivity contribution in [2.75, 3.05) is 39.6 Å². The predicted octanol–water partition coefficient (Wildman–Crippen LogP) is 21.4. The molecule has 0 aliphatic rings. The Labute approximate surface area is 562 Å². The maximum Gasteiger partial charge on any atom is 0.472 e. The van der Waals surface area contributed by atoms with Gasteiger partial charge < -0.3 is 33.8 Å². The largest absolute Gasteiger partial charge is 0.472 e. The van der Waals surface area contributed by atoms with Gasteiger partial charge >= 0.3 is 39.5 Å². The van der Waals surface area contributed by atoms with Crippen molar-refractivity contribution < 1.29 is 80.2 Å². The molecule has 0 saturated carbocycles. The van der Waals surface area contributed by atoms with Gasteiger partial charge in [0.2, 0.25) is 0 Å². The minimum absolute atomic E-state index is 0.107. The third-order valence-corrected chi connectivity index (χ3v) is 19.0. The number of ether oxygens (including phenoxy) is 4. The molecule has 0 aliphatic heterocycles. The normalized spacial score (nSPS) is 13.9. The van der Waals surface area contributed by atoms with Gasteiger partial charge in [0.05, 0.1) is 26.4 Å². The maximum atomic E-state index is 13.1. The molecule has 0 bridgehead atoms. The molecule has 0 aromatic rings. The Morgan fingerprint density at radius 3 is 0.641 bits per heavy atom. The molecule has 92 heavy (non-hydrogen) atoms. The van der Waals surface area contributed by atoms with Gasteiger partial charge in [-0.3, -0.25) is 37.3 Å². The van der Waals surface area contributed by atoms with Crippen LogP contribution in [0.4, 0.5) is 0 Å². The molecule has 3 N–H and O–H groups in total. The summed E-state index contributed by atoms with van der Waals surface area (Å²) in [5.41, 5.74) is 0. The molecule has 0 spiro atoms. The molecular formula is C73H142O17P2. The van der Waals surface area contributed by atoms with Crippen LogP contribution in [0, 0.1) is 0 Å². The average molecular weight is 1350 g/mol. The minimum Gasteiger partial charge on any atom is -0.462 e. The summed E-state index contributed by atoms with van der Waals surface area (Å²) in [6.45, 7) is 4.93. The fourth-order valence-electron chi connectivity index (χ4n) is 11.2. The zero-order valence-electron chi connectivity index (χ0n) is 59.5. The van der Waals surface area contributed by atoms with Crippen LogP contribution in [0.3, 0.4) is 0 Å². The molecule has 0 amide bonds. The highest BCUT2D eigenvalue weighted by molar-refractivity contribution is 7.47. The summed E-state index contributed by atoms with van der Waals surface area (Å²) >= 11 is 0. The van der Waals surface area contributed by atoms with Gasteiger partial charge in [-0.05, 0) is 25.7 Å². The van der Waals surface area contributed by atoms with Gasteiger partial charge in [0.15, 0.2) is 12.2 Å². The van der Waals surface area contributed by atoms with E-state index in [1.807, 2.05) is 0 Å². The van der Waals surface area contributed by atoms with Crippen molar-refractivity contribution in [2.24, 2.45) is 0 Å². The fraction of sp³-hybridized carbons (Fsp3) is 0.945. The molecule has 0 fully saturated rings. The van der Waals surface area contributed by atoms with E-state index in [4.69, 9.17) is 37.0 Å². The summed E-state index contributed by atoms with van der Waals surface area (Å²) in [4.78, 5) is 72.5. The van der Waals surface area contributed by atoms with Gasteiger partial charge in [0, 0.05) is 25.7 Å². The van der Waals surface area contributed by atoms with Crippen LogP contribution in [-0.4, -0.2) is 96.7 Å². The predicted molar refractivity (Wildman–Crippen MR) is 372 cm³/mol. The molecule has 5 atom stereocenters. The number of phosphoric acid groups is 2. The summed E-state index contributed by atoms with van der Waals surface area (Å²) in [5.74, 6) is -2.12. The molecule has 0 radical (unpaired) electrons. The standard InChI is InChI=1S/C73H142O17P2/c1-5-9-13-17-21-24-27-29-31-33-34-36-38-41-44-48-52-56-60-73(78)90-69(64-84-71(76)58-54-50-46-42-40-37-35-32-30-28-25-22-18-14-10-6-2)66-88-92(81,82)86-62-67(74)61-85-91(79,80)87-65-68(63-83-70(75)57-53-49-45-20-16-12-8-4)89-72(77)59-55-51-47-43-39-26-23-19-15-11-7-3/h67-69,74H,5-66H2,1-4H3,(H,79,80)(H,81,82)/t67-,68+,69+/m0/s1. The number of hydrogen-bond donors (Lipinski definition) is 3. The Morgan fingerprint density at radius 1 is 0.261 bits per heavy atom. The molecule has 0 aromatic carbocycles. The van der Waals surface area contributed by atoms with Crippen molar-refractivity contribution >= 4 is 39.5 Å². The first-order valence-electron chi connectivity index (χ1n) is 38.3. The van der Waals surface area contributed by atoms with E-state index in [2.05, 4.69) is 27.7 Å². The minimum atomic E-state index is -4.95. The number of phosphoric ester groups is 2. The second kappa shape index (κ2) is 67.6. The highest BCUT2D eigenvalue weighted by atomic mass is 31.2. The number of carbonyl (C=O) groups excluding carboxylic acids is 4. The Morgan fingerprint density at radius 2 is 0.435 bits per heavy atom. The number of carbonyl (C=O) groups is 4. The molecule has 0 aromatic heterocycles. The summed E-state index contributed by atoms with van der Waals surface area (Å²) in [6.07, 6.45) is 57.0. The molecule has 0 aliphatic carbocycles. The van der Waals surface area contributed by atoms with E-state index in [0.29, 0.717) is 25.7 Å². The smallest absolute Gasteiger partial charge is 0.462 e. The van der Waals surface area contributed by atoms with E-state index in [9.17, 15) is 43.2 Å². The van der Waals surface area contributed by atoms with Crippen LogP contribution in [0.2, 0.25) is 0 Å². The third kappa shape index (κ3) is 66.7. The fourth-order valence-corrected chi connectivity index (χ4v) is 12.8. The molecule has 546 valence electrons. The van der Waals surface area contributed by atoms with Gasteiger partial charge in [-0.1, -0.05) is 336 Å². The lowest BCUT2D eigenvalue weighted by Gasteiger charge is -2.21. The molecule has 0 saturated heterocycles. The Kier molecular flexibility index (Phi) is 66.2. The van der Waals surface area contributed by atoms with E-state index in [0.717, 1.165) is 103 Å². The van der Waals surface area contributed by atoms with Crippen molar-refractivity contribution in [2.45, 2.75) is 406 Å². The van der Waals surface area contributed by atoms with Crippen molar-refractivity contribution in [3.63, 3.8) is 0 Å². The maximum absolute atomic E-state index is 13.1. The van der Waals surface area contributed by atoms with Gasteiger partial charge in [0.25, 0.3) is 0 Å². The number of aliphatic hydroxyl groups excluding tert-OH is 1. The van der Waals surface area contributed by atoms with E-state index in [1.165, 1.54) is 205 Å². The molecule has 17 nitrogen and oxygen atoms in total. The third-order valence-electron chi connectivity index (χ3n) is 17.1. The lowest BCUT2D eigenvalue weighted by atomic mass is 10.0. The number of unbranched alkanes of at least 4 members (excludes halogenated alkanes) is 48. The molecule has 0 heterocycles. The summed E-state index contributed by atoms with van der Waals surface area (Å²) in [7, 11) is -9.90. The second-order valence-corrected chi connectivity index (χ2v) is 29.2. The van der Waals surface area contributed by atoms with Crippen molar-refractivity contribution in [3.8, 4) is 0 Å². The van der Waals surface area contributed by atoms with E-state index >= 15 is 0 Å². The quantitative estimate of drug-likeness (QED) is 0.0222. The highest BCUT2D eigenvalue weighted by Gasteiger charge is 2.30. The second-order valence-electron chi connectivity index (χ2n) is 26.3. The van der Waals surface area contributed by atoms with E-state index < -0.39 is 97.5 Å². The first kappa shape index (κ1) is 90.1. The highest BCUT2D eigenvalue weighted by Crippen LogP contribution is 2.45. The van der Waals surface area contributed by atoms with Crippen LogP contribution in [-0.2, 0) is 65.4 Å². The number of hydrogen-bond acceptors (Lipinski definition) is 15. The Balaban J connectivity index is 5.18. The number of esters is 4.